The maximum absolute atomic E-state index is 12.4. The van der Waals surface area contributed by atoms with E-state index in [0.717, 1.165) is 12.8 Å². The molecule has 0 bridgehead atoms. The van der Waals surface area contributed by atoms with Gasteiger partial charge in [0.15, 0.2) is 5.78 Å². The van der Waals surface area contributed by atoms with Gasteiger partial charge in [0.1, 0.15) is 0 Å². The number of amides is 1. The van der Waals surface area contributed by atoms with E-state index in [1.165, 1.54) is 30.6 Å². The van der Waals surface area contributed by atoms with Crippen LogP contribution in [-0.4, -0.2) is 18.2 Å². The summed E-state index contributed by atoms with van der Waals surface area (Å²) in [5, 5.41) is 4.70. The van der Waals surface area contributed by atoms with Crippen LogP contribution in [0.1, 0.15) is 55.6 Å². The Hall–Kier alpha value is -1.16. The Labute approximate surface area is 124 Å². The molecule has 1 saturated carbocycles. The van der Waals surface area contributed by atoms with Crippen LogP contribution in [0.4, 0.5) is 0 Å². The van der Waals surface area contributed by atoms with Gasteiger partial charge in [-0.1, -0.05) is 39.2 Å². The van der Waals surface area contributed by atoms with Crippen molar-refractivity contribution in [3.63, 3.8) is 0 Å². The van der Waals surface area contributed by atoms with E-state index in [1.54, 1.807) is 6.07 Å². The second-order valence-electron chi connectivity index (χ2n) is 6.14. The molecule has 20 heavy (non-hydrogen) atoms. The van der Waals surface area contributed by atoms with Gasteiger partial charge in [-0.25, -0.2) is 0 Å². The van der Waals surface area contributed by atoms with E-state index >= 15 is 0 Å². The third kappa shape index (κ3) is 3.48. The summed E-state index contributed by atoms with van der Waals surface area (Å²) in [6.07, 6.45) is 5.97. The summed E-state index contributed by atoms with van der Waals surface area (Å²) in [6.45, 7) is 4.12. The summed E-state index contributed by atoms with van der Waals surface area (Å²) in [5.74, 6) is 0.440. The minimum Gasteiger partial charge on any atom is -0.348 e. The molecule has 2 rings (SSSR count). The number of rotatable bonds is 5. The molecular formula is C16H23NO2S. The normalized spacial score (nSPS) is 16.9. The number of carbonyl (C=O) groups is 2. The molecule has 0 saturated heterocycles. The molecule has 1 aromatic rings. The van der Waals surface area contributed by atoms with Crippen molar-refractivity contribution in [1.82, 2.24) is 5.32 Å². The first-order valence-corrected chi connectivity index (χ1v) is 8.25. The van der Waals surface area contributed by atoms with Crippen molar-refractivity contribution in [3.05, 3.63) is 22.4 Å². The molecule has 0 radical (unpaired) electrons. The highest BCUT2D eigenvalue weighted by molar-refractivity contribution is 7.12. The van der Waals surface area contributed by atoms with Gasteiger partial charge in [-0.2, -0.15) is 0 Å². The quantitative estimate of drug-likeness (QED) is 0.842. The van der Waals surface area contributed by atoms with Crippen LogP contribution in [0.15, 0.2) is 17.5 Å². The van der Waals surface area contributed by atoms with Crippen molar-refractivity contribution >= 4 is 23.0 Å². The molecule has 1 fully saturated rings. The monoisotopic (exact) mass is 293 g/mol. The van der Waals surface area contributed by atoms with Crippen molar-refractivity contribution in [2.45, 2.75) is 46.0 Å². The average molecular weight is 293 g/mol. The van der Waals surface area contributed by atoms with Gasteiger partial charge in [0, 0.05) is 5.41 Å². The van der Waals surface area contributed by atoms with Crippen LogP contribution in [0.25, 0.3) is 0 Å². The minimum atomic E-state index is -0.379. The second-order valence-corrected chi connectivity index (χ2v) is 7.09. The minimum absolute atomic E-state index is 0.00667. The van der Waals surface area contributed by atoms with Crippen LogP contribution >= 0.6 is 11.3 Å². The lowest BCUT2D eigenvalue weighted by Gasteiger charge is -2.35. The maximum Gasteiger partial charge on any atom is 0.226 e. The van der Waals surface area contributed by atoms with Gasteiger partial charge in [-0.3, -0.25) is 9.59 Å². The molecular weight excluding hydrogens is 270 g/mol. The highest BCUT2D eigenvalue weighted by Crippen LogP contribution is 2.38. The molecule has 0 atom stereocenters. The number of nitrogens with one attached hydrogen (secondary N) is 1. The first-order valence-electron chi connectivity index (χ1n) is 7.37. The predicted octanol–water partition coefficient (Wildman–Crippen LogP) is 3.65. The summed E-state index contributed by atoms with van der Waals surface area (Å²) in [5.41, 5.74) is -0.379. The van der Waals surface area contributed by atoms with E-state index in [2.05, 4.69) is 5.32 Å². The molecule has 1 heterocycles. The average Bonchev–Trinajstić information content (AvgIpc) is 2.99. The van der Waals surface area contributed by atoms with Gasteiger partial charge < -0.3 is 5.32 Å². The molecule has 110 valence electrons. The standard InChI is InChI=1S/C16H23NO2S/c1-16(2,12-7-4-3-5-8-12)15(19)17-11-13(18)14-9-6-10-20-14/h6,9-10,12H,3-5,7-8,11H2,1-2H3,(H,17,19). The van der Waals surface area contributed by atoms with E-state index in [4.69, 9.17) is 0 Å². The van der Waals surface area contributed by atoms with E-state index in [-0.39, 0.29) is 23.7 Å². The van der Waals surface area contributed by atoms with Crippen LogP contribution in [-0.2, 0) is 4.79 Å². The number of carbonyl (C=O) groups excluding carboxylic acids is 2. The second kappa shape index (κ2) is 6.53. The Balaban J connectivity index is 1.88. The molecule has 0 unspecified atom stereocenters. The van der Waals surface area contributed by atoms with Crippen LogP contribution < -0.4 is 5.32 Å². The van der Waals surface area contributed by atoms with E-state index in [1.807, 2.05) is 25.3 Å². The van der Waals surface area contributed by atoms with Crippen molar-refractivity contribution < 1.29 is 9.59 Å². The summed E-state index contributed by atoms with van der Waals surface area (Å²) in [4.78, 5) is 25.0. The van der Waals surface area contributed by atoms with Crippen molar-refractivity contribution in [1.29, 1.82) is 0 Å². The van der Waals surface area contributed by atoms with E-state index in [9.17, 15) is 9.59 Å². The Morgan fingerprint density at radius 1 is 1.30 bits per heavy atom. The number of thiophene rings is 1. The zero-order chi connectivity index (χ0) is 14.6. The van der Waals surface area contributed by atoms with Crippen molar-refractivity contribution in [3.8, 4) is 0 Å². The number of ketones is 1. The molecule has 0 aromatic carbocycles. The van der Waals surface area contributed by atoms with Gasteiger partial charge in [0.05, 0.1) is 11.4 Å². The molecule has 1 aliphatic rings. The Kier molecular flexibility index (Phi) is 4.97. The molecule has 1 aliphatic carbocycles. The molecule has 3 nitrogen and oxygen atoms in total. The Bertz CT molecular complexity index is 459. The summed E-state index contributed by atoms with van der Waals surface area (Å²) >= 11 is 1.42. The molecule has 4 heteroatoms. The number of hydrogen-bond acceptors (Lipinski definition) is 3. The zero-order valence-electron chi connectivity index (χ0n) is 12.3. The van der Waals surface area contributed by atoms with Crippen molar-refractivity contribution in [2.75, 3.05) is 6.54 Å². The topological polar surface area (TPSA) is 46.2 Å². The summed E-state index contributed by atoms with van der Waals surface area (Å²) in [6, 6.07) is 3.65. The van der Waals surface area contributed by atoms with Crippen LogP contribution in [0.5, 0.6) is 0 Å². The van der Waals surface area contributed by atoms with Crippen LogP contribution in [0.2, 0.25) is 0 Å². The lowest BCUT2D eigenvalue weighted by atomic mass is 9.70. The smallest absolute Gasteiger partial charge is 0.226 e. The predicted molar refractivity (Wildman–Crippen MR) is 82.0 cm³/mol. The largest absolute Gasteiger partial charge is 0.348 e. The SMILES string of the molecule is CC(C)(C(=O)NCC(=O)c1cccs1)C1CCCCC1. The Morgan fingerprint density at radius 3 is 2.60 bits per heavy atom. The lowest BCUT2D eigenvalue weighted by Crippen LogP contribution is -2.44. The van der Waals surface area contributed by atoms with Gasteiger partial charge >= 0.3 is 0 Å². The number of hydrogen-bond donors (Lipinski definition) is 1. The lowest BCUT2D eigenvalue weighted by molar-refractivity contribution is -0.132. The summed E-state index contributed by atoms with van der Waals surface area (Å²) < 4.78 is 0. The highest BCUT2D eigenvalue weighted by atomic mass is 32.1. The van der Waals surface area contributed by atoms with Gasteiger partial charge in [-0.15, -0.1) is 11.3 Å². The van der Waals surface area contributed by atoms with Gasteiger partial charge in [-0.05, 0) is 30.2 Å². The molecule has 0 spiro atoms. The third-order valence-electron chi connectivity index (χ3n) is 4.42. The highest BCUT2D eigenvalue weighted by Gasteiger charge is 2.37. The van der Waals surface area contributed by atoms with Gasteiger partial charge in [0.2, 0.25) is 5.91 Å². The fourth-order valence-electron chi connectivity index (χ4n) is 2.92. The fraction of sp³-hybridized carbons (Fsp3) is 0.625. The first-order chi connectivity index (χ1) is 9.51. The fourth-order valence-corrected chi connectivity index (χ4v) is 3.59. The van der Waals surface area contributed by atoms with E-state index in [0.29, 0.717) is 10.8 Å². The van der Waals surface area contributed by atoms with Gasteiger partial charge in [0.25, 0.3) is 0 Å². The molecule has 0 aliphatic heterocycles. The zero-order valence-corrected chi connectivity index (χ0v) is 13.1. The van der Waals surface area contributed by atoms with E-state index < -0.39 is 0 Å². The Morgan fingerprint density at radius 2 is 2.00 bits per heavy atom. The maximum atomic E-state index is 12.4. The van der Waals surface area contributed by atoms with Crippen LogP contribution in [0, 0.1) is 11.3 Å². The molecule has 1 amide bonds. The first kappa shape index (κ1) is 15.2. The third-order valence-corrected chi connectivity index (χ3v) is 5.33. The number of Topliss-reactive ketones (excluding diaryl/α,β-unsaturated/α-hetero) is 1. The van der Waals surface area contributed by atoms with Crippen molar-refractivity contribution in [2.24, 2.45) is 11.3 Å². The summed E-state index contributed by atoms with van der Waals surface area (Å²) in [7, 11) is 0. The van der Waals surface area contributed by atoms with Crippen LogP contribution in [0.3, 0.4) is 0 Å². The molecule has 1 N–H and O–H groups in total. The molecule has 1 aromatic heterocycles.